The third-order valence-electron chi connectivity index (χ3n) is 3.09. The molecule has 0 amide bonds. The van der Waals surface area contributed by atoms with E-state index >= 15 is 0 Å². The summed E-state index contributed by atoms with van der Waals surface area (Å²) in [6, 6.07) is 5.86. The molecule has 0 aliphatic heterocycles. The van der Waals surface area contributed by atoms with E-state index in [0.717, 1.165) is 0 Å². The number of rotatable bonds is 4. The number of nitro benzene ring substituents is 1. The maximum absolute atomic E-state index is 11.2. The van der Waals surface area contributed by atoms with Crippen LogP contribution in [0, 0.1) is 20.2 Å². The van der Waals surface area contributed by atoms with Gasteiger partial charge in [0.1, 0.15) is 0 Å². The van der Waals surface area contributed by atoms with Crippen molar-refractivity contribution in [3.8, 4) is 0 Å². The molecule has 0 saturated carbocycles. The summed E-state index contributed by atoms with van der Waals surface area (Å²) in [5, 5.41) is 21.8. The van der Waals surface area contributed by atoms with Crippen LogP contribution >= 0.6 is 0 Å². The van der Waals surface area contributed by atoms with Gasteiger partial charge >= 0.3 is 0 Å². The second-order valence-electron chi connectivity index (χ2n) is 4.42. The minimum Gasteiger partial charge on any atom is -0.263 e. The zero-order chi connectivity index (χ0) is 14.6. The van der Waals surface area contributed by atoms with Crippen LogP contribution in [0.1, 0.15) is 12.0 Å². The Labute approximate surface area is 115 Å². The summed E-state index contributed by atoms with van der Waals surface area (Å²) in [6.07, 6.45) is 10.1. The molecule has 0 radical (unpaired) electrons. The second kappa shape index (κ2) is 5.48. The fourth-order valence-electron chi connectivity index (χ4n) is 1.89. The van der Waals surface area contributed by atoms with Gasteiger partial charge in [-0.1, -0.05) is 24.3 Å². The van der Waals surface area contributed by atoms with Crippen molar-refractivity contribution in [1.82, 2.24) is 0 Å². The molecule has 2 rings (SSSR count). The molecule has 0 saturated heterocycles. The first-order chi connectivity index (χ1) is 9.53. The highest BCUT2D eigenvalue weighted by atomic mass is 16.6. The van der Waals surface area contributed by atoms with Crippen LogP contribution in [-0.4, -0.2) is 15.4 Å². The Hall–Kier alpha value is -2.76. The van der Waals surface area contributed by atoms with Gasteiger partial charge in [-0.25, -0.2) is 0 Å². The van der Waals surface area contributed by atoms with Gasteiger partial charge in [-0.05, 0) is 29.8 Å². The van der Waals surface area contributed by atoms with E-state index in [1.165, 1.54) is 24.3 Å². The zero-order valence-electron chi connectivity index (χ0n) is 10.5. The molecular formula is C14H12N2O4. The average Bonchev–Trinajstić information content (AvgIpc) is 2.46. The van der Waals surface area contributed by atoms with Gasteiger partial charge in [-0.2, -0.15) is 0 Å². The molecule has 0 aromatic heterocycles. The molecule has 0 bridgehead atoms. The molecule has 1 aliphatic carbocycles. The lowest BCUT2D eigenvalue weighted by Gasteiger charge is -2.18. The van der Waals surface area contributed by atoms with Crippen molar-refractivity contribution in [1.29, 1.82) is 0 Å². The largest absolute Gasteiger partial charge is 0.269 e. The molecule has 0 heterocycles. The van der Waals surface area contributed by atoms with Crippen LogP contribution in [0.5, 0.6) is 0 Å². The lowest BCUT2D eigenvalue weighted by molar-refractivity contribution is -0.539. The summed E-state index contributed by atoms with van der Waals surface area (Å²) in [4.78, 5) is 20.9. The highest BCUT2D eigenvalue weighted by Gasteiger charge is 2.36. The summed E-state index contributed by atoms with van der Waals surface area (Å²) in [7, 11) is 0. The van der Waals surface area contributed by atoms with Gasteiger partial charge in [0.15, 0.2) is 0 Å². The van der Waals surface area contributed by atoms with Crippen LogP contribution in [-0.2, 0) is 0 Å². The van der Waals surface area contributed by atoms with Crippen molar-refractivity contribution < 1.29 is 9.85 Å². The Morgan fingerprint density at radius 3 is 2.30 bits per heavy atom. The van der Waals surface area contributed by atoms with Crippen LogP contribution < -0.4 is 0 Å². The number of nitrogens with zero attached hydrogens (tertiary/aromatic N) is 2. The van der Waals surface area contributed by atoms with Crippen molar-refractivity contribution >= 4 is 11.8 Å². The number of nitro groups is 2. The molecule has 102 valence electrons. The Balaban J connectivity index is 2.23. The van der Waals surface area contributed by atoms with Gasteiger partial charge in [-0.15, -0.1) is 0 Å². The monoisotopic (exact) mass is 272 g/mol. The minimum atomic E-state index is -1.24. The van der Waals surface area contributed by atoms with Crippen LogP contribution in [0.2, 0.25) is 0 Å². The number of hydrogen-bond acceptors (Lipinski definition) is 4. The van der Waals surface area contributed by atoms with Crippen LogP contribution in [0.25, 0.3) is 6.08 Å². The highest BCUT2D eigenvalue weighted by molar-refractivity contribution is 5.54. The van der Waals surface area contributed by atoms with E-state index in [9.17, 15) is 20.2 Å². The smallest absolute Gasteiger partial charge is 0.263 e. The first-order valence-corrected chi connectivity index (χ1v) is 5.96. The fourth-order valence-corrected chi connectivity index (χ4v) is 1.89. The maximum Gasteiger partial charge on any atom is 0.269 e. The molecule has 6 nitrogen and oxygen atoms in total. The van der Waals surface area contributed by atoms with Gasteiger partial charge in [0.25, 0.3) is 11.2 Å². The van der Waals surface area contributed by atoms with Crippen molar-refractivity contribution in [2.45, 2.75) is 12.0 Å². The third-order valence-corrected chi connectivity index (χ3v) is 3.09. The lowest BCUT2D eigenvalue weighted by atomic mass is 9.91. The molecule has 1 atom stereocenters. The molecule has 1 unspecified atom stereocenters. The van der Waals surface area contributed by atoms with E-state index in [1.54, 1.807) is 36.4 Å². The standard InChI is InChI=1S/C14H12N2O4/c17-15(18)13-6-4-12(5-7-13)8-11-14(16(19)20)9-2-1-3-10-14/h1-9,11H,10H2. The third kappa shape index (κ3) is 2.80. The molecule has 0 fully saturated rings. The molecule has 1 aliphatic rings. The number of allylic oxidation sites excluding steroid dienone is 2. The van der Waals surface area contributed by atoms with E-state index < -0.39 is 10.5 Å². The SMILES string of the molecule is O=[N+]([O-])c1ccc(C=CC2([N+](=O)[O-])C=CC=CC2)cc1. The first-order valence-electron chi connectivity index (χ1n) is 5.96. The molecule has 6 heteroatoms. The van der Waals surface area contributed by atoms with E-state index in [0.29, 0.717) is 12.0 Å². The van der Waals surface area contributed by atoms with Gasteiger partial charge in [0.05, 0.1) is 4.92 Å². The van der Waals surface area contributed by atoms with Crippen molar-refractivity contribution in [3.63, 3.8) is 0 Å². The first kappa shape index (κ1) is 13.7. The zero-order valence-corrected chi connectivity index (χ0v) is 10.5. The number of benzene rings is 1. The van der Waals surface area contributed by atoms with Crippen molar-refractivity contribution in [2.24, 2.45) is 0 Å². The second-order valence-corrected chi connectivity index (χ2v) is 4.42. The molecular weight excluding hydrogens is 260 g/mol. The van der Waals surface area contributed by atoms with Gasteiger partial charge < -0.3 is 0 Å². The molecule has 0 N–H and O–H groups in total. The van der Waals surface area contributed by atoms with E-state index in [-0.39, 0.29) is 10.6 Å². The van der Waals surface area contributed by atoms with Gasteiger partial charge in [0.2, 0.25) is 0 Å². The van der Waals surface area contributed by atoms with E-state index in [1.807, 2.05) is 0 Å². The summed E-state index contributed by atoms with van der Waals surface area (Å²) in [5.74, 6) is 0. The van der Waals surface area contributed by atoms with Crippen LogP contribution in [0.15, 0.2) is 54.6 Å². The van der Waals surface area contributed by atoms with Crippen molar-refractivity contribution in [3.05, 3.63) is 80.4 Å². The number of non-ortho nitro benzene ring substituents is 1. The summed E-state index contributed by atoms with van der Waals surface area (Å²) in [5.41, 5.74) is -0.567. The van der Waals surface area contributed by atoms with E-state index in [4.69, 9.17) is 0 Å². The van der Waals surface area contributed by atoms with Gasteiger partial charge in [0, 0.05) is 23.5 Å². The summed E-state index contributed by atoms with van der Waals surface area (Å²) < 4.78 is 0. The predicted molar refractivity (Wildman–Crippen MR) is 74.8 cm³/mol. The van der Waals surface area contributed by atoms with E-state index in [2.05, 4.69) is 0 Å². The number of hydrogen-bond donors (Lipinski definition) is 0. The maximum atomic E-state index is 11.2. The Bertz CT molecular complexity index is 617. The predicted octanol–water partition coefficient (Wildman–Crippen LogP) is 3.14. The average molecular weight is 272 g/mol. The van der Waals surface area contributed by atoms with Gasteiger partial charge in [-0.3, -0.25) is 20.2 Å². The molecule has 20 heavy (non-hydrogen) atoms. The fraction of sp³-hybridized carbons (Fsp3) is 0.143. The van der Waals surface area contributed by atoms with Crippen molar-refractivity contribution in [2.75, 3.05) is 0 Å². The Kier molecular flexibility index (Phi) is 3.74. The molecule has 1 aromatic rings. The summed E-state index contributed by atoms with van der Waals surface area (Å²) in [6.45, 7) is 0. The quantitative estimate of drug-likeness (QED) is 0.622. The topological polar surface area (TPSA) is 86.3 Å². The molecule has 0 spiro atoms. The minimum absolute atomic E-state index is 0.00775. The van der Waals surface area contributed by atoms with Crippen LogP contribution in [0.4, 0.5) is 5.69 Å². The Morgan fingerprint density at radius 2 is 1.80 bits per heavy atom. The lowest BCUT2D eigenvalue weighted by Crippen LogP contribution is -2.34. The van der Waals surface area contributed by atoms with Crippen LogP contribution in [0.3, 0.4) is 0 Å². The Morgan fingerprint density at radius 1 is 1.10 bits per heavy atom. The summed E-state index contributed by atoms with van der Waals surface area (Å²) >= 11 is 0. The highest BCUT2D eigenvalue weighted by Crippen LogP contribution is 2.24. The molecule has 1 aromatic carbocycles. The normalized spacial score (nSPS) is 21.2.